The van der Waals surface area contributed by atoms with Gasteiger partial charge in [0.15, 0.2) is 5.82 Å². The van der Waals surface area contributed by atoms with Gasteiger partial charge in [0.1, 0.15) is 0 Å². The molecule has 2 aromatic heterocycles. The van der Waals surface area contributed by atoms with Crippen LogP contribution in [0.15, 0.2) is 36.8 Å². The zero-order chi connectivity index (χ0) is 9.10. The predicted octanol–water partition coefficient (Wildman–Crippen LogP) is 1.56. The number of nitrogens with zero attached hydrogens (tertiary/aromatic N) is 3. The first-order valence-corrected chi connectivity index (χ1v) is 4.01. The first-order chi connectivity index (χ1) is 6.34. The van der Waals surface area contributed by atoms with Crippen LogP contribution in [0, 0.1) is 0 Å². The van der Waals surface area contributed by atoms with Crippen molar-refractivity contribution in [2.45, 2.75) is 0 Å². The molecule has 0 aliphatic rings. The third-order valence-electron chi connectivity index (χ3n) is 1.67. The topological polar surface area (TPSA) is 42.7 Å². The molecule has 4 heteroatoms. The molecule has 0 aromatic carbocycles. The summed E-state index contributed by atoms with van der Waals surface area (Å²) in [4.78, 5) is 3.93. The summed E-state index contributed by atoms with van der Waals surface area (Å²) >= 11 is 0. The van der Waals surface area contributed by atoms with Crippen LogP contribution in [0.3, 0.4) is 0 Å². The Labute approximate surface area is 76.2 Å². The molecule has 0 spiro atoms. The van der Waals surface area contributed by atoms with E-state index in [9.17, 15) is 0 Å². The van der Waals surface area contributed by atoms with Crippen molar-refractivity contribution >= 4 is 11.5 Å². The van der Waals surface area contributed by atoms with Crippen molar-refractivity contribution in [3.63, 3.8) is 0 Å². The van der Waals surface area contributed by atoms with Crippen LogP contribution in [0.5, 0.6) is 0 Å². The first kappa shape index (κ1) is 7.79. The van der Waals surface area contributed by atoms with E-state index in [4.69, 9.17) is 0 Å². The van der Waals surface area contributed by atoms with Gasteiger partial charge in [-0.25, -0.2) is 0 Å². The summed E-state index contributed by atoms with van der Waals surface area (Å²) < 4.78 is 1.75. The van der Waals surface area contributed by atoms with Crippen molar-refractivity contribution in [3.8, 4) is 0 Å². The smallest absolute Gasteiger partial charge is 0.152 e. The Balaban J connectivity index is 2.15. The molecule has 13 heavy (non-hydrogen) atoms. The van der Waals surface area contributed by atoms with Crippen molar-refractivity contribution in [2.24, 2.45) is 7.05 Å². The molecule has 0 unspecified atom stereocenters. The molecule has 0 radical (unpaired) electrons. The van der Waals surface area contributed by atoms with Crippen LogP contribution in [0.25, 0.3) is 0 Å². The number of rotatable bonds is 2. The van der Waals surface area contributed by atoms with Crippen LogP contribution in [-0.4, -0.2) is 14.8 Å². The van der Waals surface area contributed by atoms with Crippen molar-refractivity contribution in [1.29, 1.82) is 0 Å². The van der Waals surface area contributed by atoms with Gasteiger partial charge in [-0.1, -0.05) is 0 Å². The summed E-state index contributed by atoms with van der Waals surface area (Å²) in [5.41, 5.74) is 0.994. The van der Waals surface area contributed by atoms with E-state index < -0.39 is 0 Å². The monoisotopic (exact) mass is 174 g/mol. The van der Waals surface area contributed by atoms with Gasteiger partial charge in [0.2, 0.25) is 0 Å². The van der Waals surface area contributed by atoms with E-state index in [1.165, 1.54) is 0 Å². The Morgan fingerprint density at radius 3 is 2.62 bits per heavy atom. The number of aryl methyl sites for hydroxylation is 1. The van der Waals surface area contributed by atoms with Crippen molar-refractivity contribution in [2.75, 3.05) is 5.32 Å². The molecular formula is C9H10N4. The number of nitrogens with one attached hydrogen (secondary N) is 1. The summed E-state index contributed by atoms with van der Waals surface area (Å²) in [5.74, 6) is 0.841. The van der Waals surface area contributed by atoms with E-state index in [0.717, 1.165) is 11.5 Å². The molecule has 4 nitrogen and oxygen atoms in total. The first-order valence-electron chi connectivity index (χ1n) is 4.01. The number of aromatic nitrogens is 3. The minimum Gasteiger partial charge on any atom is -0.339 e. The number of anilines is 2. The molecule has 0 amide bonds. The van der Waals surface area contributed by atoms with Gasteiger partial charge < -0.3 is 5.32 Å². The highest BCUT2D eigenvalue weighted by Gasteiger charge is 1.95. The summed E-state index contributed by atoms with van der Waals surface area (Å²) in [7, 11) is 1.89. The van der Waals surface area contributed by atoms with Crippen LogP contribution in [0.2, 0.25) is 0 Å². The van der Waals surface area contributed by atoms with Crippen molar-refractivity contribution < 1.29 is 0 Å². The Bertz CT molecular complexity index is 380. The Kier molecular flexibility index (Phi) is 1.96. The quantitative estimate of drug-likeness (QED) is 0.751. The fourth-order valence-electron chi connectivity index (χ4n) is 1.06. The number of hydrogen-bond acceptors (Lipinski definition) is 3. The lowest BCUT2D eigenvalue weighted by molar-refractivity contribution is 0.771. The molecule has 0 bridgehead atoms. The molecule has 0 saturated carbocycles. The maximum absolute atomic E-state index is 4.19. The van der Waals surface area contributed by atoms with Crippen LogP contribution >= 0.6 is 0 Å². The SMILES string of the molecule is Cn1ccc(Nc2ccncc2)n1. The minimum atomic E-state index is 0.841. The Morgan fingerprint density at radius 2 is 2.00 bits per heavy atom. The normalized spacial score (nSPS) is 9.92. The van der Waals surface area contributed by atoms with Gasteiger partial charge in [-0.2, -0.15) is 5.10 Å². The molecular weight excluding hydrogens is 164 g/mol. The number of hydrogen-bond donors (Lipinski definition) is 1. The maximum atomic E-state index is 4.19. The lowest BCUT2D eigenvalue weighted by Gasteiger charge is -2.00. The standard InChI is InChI=1S/C9H10N4/c1-13-7-4-9(12-13)11-8-2-5-10-6-3-8/h2-7H,1H3,(H,10,11,12). The van der Waals surface area contributed by atoms with Crippen LogP contribution in [0.4, 0.5) is 11.5 Å². The Hall–Kier alpha value is -1.84. The lowest BCUT2D eigenvalue weighted by atomic mass is 10.4. The molecule has 0 fully saturated rings. The van der Waals surface area contributed by atoms with E-state index in [0.29, 0.717) is 0 Å². The largest absolute Gasteiger partial charge is 0.339 e. The second-order valence-electron chi connectivity index (χ2n) is 2.74. The molecule has 1 N–H and O–H groups in total. The zero-order valence-corrected chi connectivity index (χ0v) is 7.31. The van der Waals surface area contributed by atoms with Gasteiger partial charge in [0.25, 0.3) is 0 Å². The minimum absolute atomic E-state index is 0.841. The van der Waals surface area contributed by atoms with Gasteiger partial charge >= 0.3 is 0 Å². The van der Waals surface area contributed by atoms with E-state index in [-0.39, 0.29) is 0 Å². The van der Waals surface area contributed by atoms with Gasteiger partial charge in [-0.05, 0) is 12.1 Å². The summed E-state index contributed by atoms with van der Waals surface area (Å²) in [6, 6.07) is 5.71. The van der Waals surface area contributed by atoms with Crippen LogP contribution < -0.4 is 5.32 Å². The fourth-order valence-corrected chi connectivity index (χ4v) is 1.06. The maximum Gasteiger partial charge on any atom is 0.152 e. The van der Waals surface area contributed by atoms with E-state index in [2.05, 4.69) is 15.4 Å². The number of pyridine rings is 1. The van der Waals surface area contributed by atoms with Crippen molar-refractivity contribution in [1.82, 2.24) is 14.8 Å². The predicted molar refractivity (Wildman–Crippen MR) is 50.7 cm³/mol. The van der Waals surface area contributed by atoms with Gasteiger partial charge in [-0.3, -0.25) is 9.67 Å². The molecule has 2 rings (SSSR count). The molecule has 0 saturated heterocycles. The highest BCUT2D eigenvalue weighted by atomic mass is 15.3. The van der Waals surface area contributed by atoms with Crippen LogP contribution in [-0.2, 0) is 7.05 Å². The highest BCUT2D eigenvalue weighted by molar-refractivity contribution is 5.54. The van der Waals surface area contributed by atoms with Crippen LogP contribution in [0.1, 0.15) is 0 Å². The third kappa shape index (κ3) is 1.84. The zero-order valence-electron chi connectivity index (χ0n) is 7.31. The molecule has 0 aliphatic heterocycles. The van der Waals surface area contributed by atoms with Gasteiger partial charge in [0.05, 0.1) is 0 Å². The second-order valence-corrected chi connectivity index (χ2v) is 2.74. The summed E-state index contributed by atoms with van der Waals surface area (Å²) in [6.07, 6.45) is 5.38. The van der Waals surface area contributed by atoms with Gasteiger partial charge in [-0.15, -0.1) is 0 Å². The molecule has 0 aliphatic carbocycles. The Morgan fingerprint density at radius 1 is 1.23 bits per heavy atom. The molecule has 2 aromatic rings. The summed E-state index contributed by atoms with van der Waals surface area (Å²) in [6.45, 7) is 0. The van der Waals surface area contributed by atoms with E-state index in [1.54, 1.807) is 17.1 Å². The average molecular weight is 174 g/mol. The average Bonchev–Trinajstić information content (AvgIpc) is 2.53. The fraction of sp³-hybridized carbons (Fsp3) is 0.111. The molecule has 0 atom stereocenters. The van der Waals surface area contributed by atoms with E-state index >= 15 is 0 Å². The van der Waals surface area contributed by atoms with Gasteiger partial charge in [0, 0.05) is 37.4 Å². The second kappa shape index (κ2) is 3.26. The van der Waals surface area contributed by atoms with Crippen molar-refractivity contribution in [3.05, 3.63) is 36.8 Å². The molecule has 66 valence electrons. The lowest BCUT2D eigenvalue weighted by Crippen LogP contribution is -1.93. The highest BCUT2D eigenvalue weighted by Crippen LogP contribution is 2.11. The third-order valence-corrected chi connectivity index (χ3v) is 1.67. The summed E-state index contributed by atoms with van der Waals surface area (Å²) in [5, 5.41) is 7.34. The van der Waals surface area contributed by atoms with E-state index in [1.807, 2.05) is 31.4 Å². The molecule has 2 heterocycles.